The van der Waals surface area contributed by atoms with Gasteiger partial charge in [-0.25, -0.2) is 0 Å². The summed E-state index contributed by atoms with van der Waals surface area (Å²) < 4.78 is 0. The van der Waals surface area contributed by atoms with Crippen molar-refractivity contribution in [1.29, 1.82) is 0 Å². The molecule has 380 valence electrons. The predicted molar refractivity (Wildman–Crippen MR) is 292 cm³/mol. The van der Waals surface area contributed by atoms with Crippen molar-refractivity contribution in [2.45, 2.75) is 247 Å². The van der Waals surface area contributed by atoms with Gasteiger partial charge in [0.05, 0.1) is 0 Å². The summed E-state index contributed by atoms with van der Waals surface area (Å²) in [5.74, 6) is 0. The Morgan fingerprint density at radius 3 is 0.884 bits per heavy atom. The maximum Gasteiger partial charge on any atom is 4.00 e. The van der Waals surface area contributed by atoms with Crippen LogP contribution in [0.3, 0.4) is 0 Å². The second kappa shape index (κ2) is 37.2. The molecule has 0 saturated heterocycles. The molecule has 0 spiro atoms. The zero-order valence-corrected chi connectivity index (χ0v) is 49.8. The Hall–Kier alpha value is -1.58. The first-order valence-electron chi connectivity index (χ1n) is 28.0. The number of unbranched alkanes of at least 4 members (excludes halogenated alkanes) is 18. The van der Waals surface area contributed by atoms with Gasteiger partial charge in [-0.1, -0.05) is 225 Å². The van der Waals surface area contributed by atoms with Gasteiger partial charge in [-0.05, 0) is 132 Å². The monoisotopic (exact) mass is 1040 g/mol. The molecule has 0 fully saturated rings. The van der Waals surface area contributed by atoms with E-state index < -0.39 is 8.07 Å². The number of hydrogen-bond acceptors (Lipinski definition) is 0. The van der Waals surface area contributed by atoms with Crippen molar-refractivity contribution in [2.24, 2.45) is 0 Å². The molecule has 0 aliphatic heterocycles. The summed E-state index contributed by atoms with van der Waals surface area (Å²) in [5, 5.41) is 5.00. The van der Waals surface area contributed by atoms with Crippen molar-refractivity contribution in [3.63, 3.8) is 0 Å². The van der Waals surface area contributed by atoms with E-state index in [-0.39, 0.29) is 64.5 Å². The fourth-order valence-corrected chi connectivity index (χ4v) is 17.2. The van der Waals surface area contributed by atoms with Crippen LogP contribution in [-0.4, -0.2) is 8.07 Å². The van der Waals surface area contributed by atoms with Gasteiger partial charge in [0, 0.05) is 0 Å². The third-order valence-electron chi connectivity index (χ3n) is 14.9. The van der Waals surface area contributed by atoms with Crippen molar-refractivity contribution < 1.29 is 58.9 Å². The Morgan fingerprint density at radius 1 is 0.362 bits per heavy atom. The Labute approximate surface area is 460 Å². The van der Waals surface area contributed by atoms with Gasteiger partial charge in [0.15, 0.2) is 0 Å². The first kappa shape index (κ1) is 65.4. The Morgan fingerprint density at radius 2 is 0.623 bits per heavy atom. The van der Waals surface area contributed by atoms with Crippen LogP contribution in [0, 0.1) is 6.08 Å². The SMILES string of the molecule is CCCCCCc1cc(CCCCCC)cc([Si](c2cc(CCCCCC)cc(CCCCCC)c2)(c2cc(CCCCCC)cc(CCCCCC)c2)C2C(C)=[C-]c3ccccc32)c1.[Cl-].[Cl-].[Cl-].[Ti+4]. The van der Waals surface area contributed by atoms with E-state index in [1.165, 1.54) is 209 Å². The normalized spacial score (nSPS) is 12.9. The maximum atomic E-state index is 4.09. The van der Waals surface area contributed by atoms with Gasteiger partial charge < -0.3 is 37.2 Å². The maximum absolute atomic E-state index is 4.09. The fraction of sp³-hybridized carbons (Fsp3) is 0.594. The molecule has 1 unspecified atom stereocenters. The summed E-state index contributed by atoms with van der Waals surface area (Å²) in [6.45, 7) is 16.6. The quantitative estimate of drug-likeness (QED) is 0.0191. The second-order valence-corrected chi connectivity index (χ2v) is 24.5. The molecular weight excluding hydrogens is 951 g/mol. The van der Waals surface area contributed by atoms with Crippen LogP contribution in [0.4, 0.5) is 0 Å². The van der Waals surface area contributed by atoms with E-state index >= 15 is 0 Å². The molecule has 0 N–H and O–H groups in total. The van der Waals surface area contributed by atoms with Crippen LogP contribution in [-0.2, 0) is 60.2 Å². The van der Waals surface area contributed by atoms with E-state index in [0.717, 1.165) is 0 Å². The molecule has 4 aromatic carbocycles. The van der Waals surface area contributed by atoms with Gasteiger partial charge in [0.25, 0.3) is 0 Å². The Kier molecular flexibility index (Phi) is 35.3. The average Bonchev–Trinajstić information content (AvgIpc) is 3.65. The van der Waals surface area contributed by atoms with Crippen LogP contribution in [0.25, 0.3) is 0 Å². The minimum atomic E-state index is -2.92. The summed E-state index contributed by atoms with van der Waals surface area (Å²) in [6, 6.07) is 34.2. The molecule has 4 aromatic rings. The summed E-state index contributed by atoms with van der Waals surface area (Å²) in [5.41, 5.74) is 14.1. The molecule has 0 radical (unpaired) electrons. The zero-order chi connectivity index (χ0) is 46.1. The van der Waals surface area contributed by atoms with Crippen LogP contribution in [0.15, 0.2) is 84.4 Å². The van der Waals surface area contributed by atoms with Crippen molar-refractivity contribution in [2.75, 3.05) is 0 Å². The smallest absolute Gasteiger partial charge is 1.00 e. The molecular formula is C64H95Cl3SiTi. The number of allylic oxidation sites excluding steroid dienone is 1. The summed E-state index contributed by atoms with van der Waals surface area (Å²) in [6.07, 6.45) is 42.5. The number of fused-ring (bicyclic) bond motifs is 1. The van der Waals surface area contributed by atoms with Crippen LogP contribution in [0.5, 0.6) is 0 Å². The van der Waals surface area contributed by atoms with E-state index in [1.807, 2.05) is 0 Å². The molecule has 1 aliphatic rings. The van der Waals surface area contributed by atoms with E-state index in [9.17, 15) is 0 Å². The van der Waals surface area contributed by atoms with Crippen molar-refractivity contribution in [3.05, 3.63) is 135 Å². The molecule has 5 heteroatoms. The van der Waals surface area contributed by atoms with E-state index in [4.69, 9.17) is 0 Å². The van der Waals surface area contributed by atoms with Crippen molar-refractivity contribution >= 4 is 23.6 Å². The van der Waals surface area contributed by atoms with Gasteiger partial charge in [-0.3, -0.25) is 0 Å². The van der Waals surface area contributed by atoms with Crippen molar-refractivity contribution in [1.82, 2.24) is 0 Å². The molecule has 0 aromatic heterocycles. The van der Waals surface area contributed by atoms with E-state index in [0.29, 0.717) is 0 Å². The van der Waals surface area contributed by atoms with Crippen LogP contribution >= 0.6 is 0 Å². The summed E-state index contributed by atoms with van der Waals surface area (Å²) in [4.78, 5) is 0. The number of halogens is 3. The number of benzene rings is 4. The van der Waals surface area contributed by atoms with Crippen LogP contribution in [0.1, 0.15) is 253 Å². The van der Waals surface area contributed by atoms with Gasteiger partial charge in [-0.15, -0.1) is 23.3 Å². The third-order valence-corrected chi connectivity index (χ3v) is 20.1. The molecule has 0 nitrogen and oxygen atoms in total. The molecule has 1 atom stereocenters. The molecule has 0 amide bonds. The molecule has 0 saturated carbocycles. The minimum absolute atomic E-state index is 0. The molecule has 69 heavy (non-hydrogen) atoms. The second-order valence-electron chi connectivity index (χ2n) is 20.6. The third kappa shape index (κ3) is 20.0. The first-order valence-corrected chi connectivity index (χ1v) is 30.1. The average molecular weight is 1050 g/mol. The largest absolute Gasteiger partial charge is 4.00 e. The molecule has 5 rings (SSSR count). The van der Waals surface area contributed by atoms with Gasteiger partial charge in [0.1, 0.15) is 8.07 Å². The minimum Gasteiger partial charge on any atom is -1.00 e. The fourth-order valence-electron chi connectivity index (χ4n) is 11.3. The summed E-state index contributed by atoms with van der Waals surface area (Å²) in [7, 11) is -2.92. The number of hydrogen-bond donors (Lipinski definition) is 0. The first-order chi connectivity index (χ1) is 31.9. The summed E-state index contributed by atoms with van der Waals surface area (Å²) >= 11 is 0. The number of aryl methyl sites for hydroxylation is 6. The Balaban J connectivity index is 0.00000595. The van der Waals surface area contributed by atoms with E-state index in [2.05, 4.69) is 133 Å². The van der Waals surface area contributed by atoms with E-state index in [1.54, 1.807) is 48.9 Å². The van der Waals surface area contributed by atoms with Gasteiger partial charge in [-0.2, -0.15) is 17.7 Å². The topological polar surface area (TPSA) is 0 Å². The number of rotatable bonds is 34. The van der Waals surface area contributed by atoms with Crippen LogP contribution in [0.2, 0.25) is 0 Å². The zero-order valence-electron chi connectivity index (χ0n) is 44.9. The predicted octanol–water partition coefficient (Wildman–Crippen LogP) is 8.34. The molecule has 0 bridgehead atoms. The van der Waals surface area contributed by atoms with Gasteiger partial charge >= 0.3 is 21.7 Å². The Bertz CT molecular complexity index is 1740. The van der Waals surface area contributed by atoms with Crippen LogP contribution < -0.4 is 52.8 Å². The van der Waals surface area contributed by atoms with Gasteiger partial charge in [0.2, 0.25) is 0 Å². The van der Waals surface area contributed by atoms with Crippen molar-refractivity contribution in [3.8, 4) is 0 Å². The molecule has 1 aliphatic carbocycles. The molecule has 0 heterocycles. The standard InChI is InChI=1S/C64H95Si.3ClH.Ti/c1-8-14-20-26-34-53-43-54(35-27-21-15-9-2)47-60(46-53)65(64-52(7)42-59-40-32-33-41-63(59)64,61-48-55(36-28-22-16-10-3)44-56(49-61)37-29-23-17-11-4)62-50-57(38-30-24-18-12-5)45-58(51-62)39-31-25-19-13-6;;;;/h32-33,40-41,43-51,64H,8-31,34-39H2,1-7H3;3*1H;/q-1;;;;+4/p-3.